The number of rotatable bonds is 3. The van der Waals surface area contributed by atoms with Gasteiger partial charge < -0.3 is 19.3 Å². The number of nitrogens with one attached hydrogen (secondary N) is 1. The Morgan fingerprint density at radius 3 is 3.14 bits per heavy atom. The van der Waals surface area contributed by atoms with Crippen molar-refractivity contribution in [3.8, 4) is 5.75 Å². The van der Waals surface area contributed by atoms with E-state index in [9.17, 15) is 0 Å². The monoisotopic (exact) mass is 287 g/mol. The van der Waals surface area contributed by atoms with Gasteiger partial charge in [-0.05, 0) is 25.0 Å². The fraction of sp³-hybridized carbons (Fsp3) is 0.467. The largest absolute Gasteiger partial charge is 0.477 e. The van der Waals surface area contributed by atoms with E-state index in [2.05, 4.69) is 15.5 Å². The van der Waals surface area contributed by atoms with Gasteiger partial charge in [-0.3, -0.25) is 0 Å². The molecular formula is C15H17N3O3. The molecule has 2 atom stereocenters. The van der Waals surface area contributed by atoms with Crippen molar-refractivity contribution < 1.29 is 14.0 Å². The number of nitrogens with zero attached hydrogens (tertiary/aromatic N) is 2. The average molecular weight is 287 g/mol. The summed E-state index contributed by atoms with van der Waals surface area (Å²) < 4.78 is 16.9. The molecule has 2 aromatic rings. The van der Waals surface area contributed by atoms with Gasteiger partial charge >= 0.3 is 0 Å². The van der Waals surface area contributed by atoms with Crippen LogP contribution < -0.4 is 10.1 Å². The molecule has 0 saturated carbocycles. The Balaban J connectivity index is 1.46. The van der Waals surface area contributed by atoms with Crippen LogP contribution in [0.5, 0.6) is 5.75 Å². The second kappa shape index (κ2) is 5.37. The van der Waals surface area contributed by atoms with E-state index in [0.29, 0.717) is 24.7 Å². The molecule has 3 heterocycles. The maximum absolute atomic E-state index is 5.91. The maximum Gasteiger partial charge on any atom is 0.269 e. The molecule has 1 N–H and O–H groups in total. The van der Waals surface area contributed by atoms with Crippen LogP contribution in [0.2, 0.25) is 0 Å². The Hall–Kier alpha value is -2.08. The van der Waals surface area contributed by atoms with Gasteiger partial charge in [0, 0.05) is 13.0 Å². The summed E-state index contributed by atoms with van der Waals surface area (Å²) in [6, 6.07) is 7.84. The van der Waals surface area contributed by atoms with Crippen LogP contribution in [-0.4, -0.2) is 29.4 Å². The molecule has 4 rings (SSSR count). The van der Waals surface area contributed by atoms with Gasteiger partial charge in [-0.2, -0.15) is 4.98 Å². The predicted molar refractivity (Wildman–Crippen MR) is 75.3 cm³/mol. The number of hydrogen-bond acceptors (Lipinski definition) is 6. The molecule has 1 aromatic carbocycles. The highest BCUT2D eigenvalue weighted by Gasteiger charge is 2.27. The van der Waals surface area contributed by atoms with Crippen LogP contribution in [0.3, 0.4) is 0 Å². The van der Waals surface area contributed by atoms with Gasteiger partial charge in [0.1, 0.15) is 5.75 Å². The Morgan fingerprint density at radius 2 is 2.24 bits per heavy atom. The summed E-state index contributed by atoms with van der Waals surface area (Å²) in [7, 11) is 0. The molecule has 110 valence electrons. The summed E-state index contributed by atoms with van der Waals surface area (Å²) in [5, 5.41) is 7.35. The Labute approximate surface area is 122 Å². The van der Waals surface area contributed by atoms with Crippen molar-refractivity contribution in [2.24, 2.45) is 0 Å². The normalized spacial score (nSPS) is 24.2. The average Bonchev–Trinajstić information content (AvgIpc) is 3.19. The highest BCUT2D eigenvalue weighted by molar-refractivity contribution is 5.57. The first-order valence-corrected chi connectivity index (χ1v) is 7.32. The fourth-order valence-corrected chi connectivity index (χ4v) is 2.74. The third-order valence-electron chi connectivity index (χ3n) is 3.83. The van der Waals surface area contributed by atoms with Crippen LogP contribution in [0.15, 0.2) is 28.8 Å². The highest BCUT2D eigenvalue weighted by Crippen LogP contribution is 2.33. The lowest BCUT2D eigenvalue weighted by atomic mass is 10.2. The molecule has 0 amide bonds. The molecule has 21 heavy (non-hydrogen) atoms. The van der Waals surface area contributed by atoms with E-state index >= 15 is 0 Å². The second-order valence-electron chi connectivity index (χ2n) is 5.37. The lowest BCUT2D eigenvalue weighted by Crippen LogP contribution is -2.23. The van der Waals surface area contributed by atoms with Gasteiger partial charge in [0.25, 0.3) is 5.89 Å². The zero-order valence-electron chi connectivity index (χ0n) is 11.6. The maximum atomic E-state index is 5.91. The minimum absolute atomic E-state index is 0.224. The first-order valence-electron chi connectivity index (χ1n) is 7.32. The second-order valence-corrected chi connectivity index (χ2v) is 5.37. The summed E-state index contributed by atoms with van der Waals surface area (Å²) >= 11 is 0. The Kier molecular flexibility index (Phi) is 3.23. The van der Waals surface area contributed by atoms with Crippen LogP contribution in [0, 0.1) is 0 Å². The van der Waals surface area contributed by atoms with Crippen molar-refractivity contribution in [2.45, 2.75) is 31.5 Å². The van der Waals surface area contributed by atoms with Gasteiger partial charge in [-0.1, -0.05) is 17.3 Å². The molecule has 6 heteroatoms. The number of fused-ring (bicyclic) bond motifs is 1. The number of anilines is 1. The highest BCUT2D eigenvalue weighted by atomic mass is 16.5. The van der Waals surface area contributed by atoms with Crippen LogP contribution in [0.25, 0.3) is 0 Å². The first kappa shape index (κ1) is 12.6. The Bertz CT molecular complexity index is 622. The minimum atomic E-state index is -0.245. The third kappa shape index (κ3) is 2.58. The van der Waals surface area contributed by atoms with E-state index in [-0.39, 0.29) is 12.2 Å². The predicted octanol–water partition coefficient (Wildman–Crippen LogP) is 2.34. The van der Waals surface area contributed by atoms with Crippen molar-refractivity contribution >= 4 is 5.69 Å². The van der Waals surface area contributed by atoms with E-state index in [4.69, 9.17) is 14.0 Å². The summed E-state index contributed by atoms with van der Waals surface area (Å²) in [6.07, 6.45) is 2.87. The number of aromatic nitrogens is 2. The molecule has 6 nitrogen and oxygen atoms in total. The number of ether oxygens (including phenoxy) is 2. The molecule has 2 aliphatic rings. The van der Waals surface area contributed by atoms with Gasteiger partial charge in [0.2, 0.25) is 0 Å². The first-order chi connectivity index (χ1) is 10.4. The van der Waals surface area contributed by atoms with E-state index < -0.39 is 0 Å². The van der Waals surface area contributed by atoms with Gasteiger partial charge in [-0.15, -0.1) is 0 Å². The van der Waals surface area contributed by atoms with Gasteiger partial charge in [0.15, 0.2) is 11.9 Å². The van der Waals surface area contributed by atoms with Crippen molar-refractivity contribution in [1.29, 1.82) is 0 Å². The Morgan fingerprint density at radius 1 is 1.29 bits per heavy atom. The summed E-state index contributed by atoms with van der Waals surface area (Å²) in [4.78, 5) is 4.45. The molecule has 0 aliphatic carbocycles. The summed E-state index contributed by atoms with van der Waals surface area (Å²) in [5.74, 6) is 2.02. The topological polar surface area (TPSA) is 69.4 Å². The number of para-hydroxylation sites is 2. The molecule has 2 unspecified atom stereocenters. The van der Waals surface area contributed by atoms with E-state index in [0.717, 1.165) is 30.9 Å². The van der Waals surface area contributed by atoms with Crippen molar-refractivity contribution in [1.82, 2.24) is 10.1 Å². The van der Waals surface area contributed by atoms with Crippen LogP contribution >= 0.6 is 0 Å². The summed E-state index contributed by atoms with van der Waals surface area (Å²) in [6.45, 7) is 1.46. The van der Waals surface area contributed by atoms with E-state index in [1.165, 1.54) is 0 Å². The molecule has 0 radical (unpaired) electrons. The van der Waals surface area contributed by atoms with Crippen molar-refractivity contribution in [3.63, 3.8) is 0 Å². The molecule has 0 bridgehead atoms. The smallest absolute Gasteiger partial charge is 0.269 e. The summed E-state index contributed by atoms with van der Waals surface area (Å²) in [5.41, 5.74) is 0.993. The van der Waals surface area contributed by atoms with Crippen LogP contribution in [-0.2, 0) is 11.2 Å². The molecule has 0 spiro atoms. The van der Waals surface area contributed by atoms with Crippen molar-refractivity contribution in [2.75, 3.05) is 18.5 Å². The molecule has 1 saturated heterocycles. The fourth-order valence-electron chi connectivity index (χ4n) is 2.74. The molecule has 2 aliphatic heterocycles. The van der Waals surface area contributed by atoms with Crippen molar-refractivity contribution in [3.05, 3.63) is 36.0 Å². The van der Waals surface area contributed by atoms with Gasteiger partial charge in [0.05, 0.1) is 18.3 Å². The third-order valence-corrected chi connectivity index (χ3v) is 3.83. The van der Waals surface area contributed by atoms with Gasteiger partial charge in [-0.25, -0.2) is 0 Å². The van der Waals surface area contributed by atoms with Crippen LogP contribution in [0.1, 0.15) is 30.7 Å². The number of hydrogen-bond donors (Lipinski definition) is 1. The molecule has 1 fully saturated rings. The molecular weight excluding hydrogens is 270 g/mol. The lowest BCUT2D eigenvalue weighted by Gasteiger charge is -2.24. The zero-order valence-corrected chi connectivity index (χ0v) is 11.6. The minimum Gasteiger partial charge on any atom is -0.477 e. The van der Waals surface area contributed by atoms with Crippen LogP contribution in [0.4, 0.5) is 5.69 Å². The SMILES string of the molecule is c1ccc2c(c1)NCC(c1nc(CC3CCCO3)no1)O2. The van der Waals surface area contributed by atoms with E-state index in [1.807, 2.05) is 24.3 Å². The van der Waals surface area contributed by atoms with E-state index in [1.54, 1.807) is 0 Å². The number of benzene rings is 1. The quantitative estimate of drug-likeness (QED) is 0.934. The zero-order chi connectivity index (χ0) is 14.1. The standard InChI is InChI=1S/C15H17N3O3/c1-2-6-12-11(5-1)16-9-13(20-12)15-17-14(18-21-15)8-10-4-3-7-19-10/h1-2,5-6,10,13,16H,3-4,7-9H2. The molecule has 1 aromatic heterocycles. The lowest BCUT2D eigenvalue weighted by molar-refractivity contribution is 0.109.